The molecule has 1 aliphatic rings. The molecule has 0 amide bonds. The first-order valence-electron chi connectivity index (χ1n) is 8.42. The van der Waals surface area contributed by atoms with E-state index in [-0.39, 0.29) is 5.60 Å². The van der Waals surface area contributed by atoms with Crippen LogP contribution in [0.1, 0.15) is 72.6 Å². The van der Waals surface area contributed by atoms with Crippen molar-refractivity contribution in [3.63, 3.8) is 0 Å². The van der Waals surface area contributed by atoms with Crippen molar-refractivity contribution in [2.75, 3.05) is 13.7 Å². The van der Waals surface area contributed by atoms with E-state index in [1.165, 1.54) is 32.1 Å². The first kappa shape index (κ1) is 17.0. The number of methoxy groups -OCH3 is 1. The largest absolute Gasteiger partial charge is 0.377 e. The Kier molecular flexibility index (Phi) is 7.38. The van der Waals surface area contributed by atoms with Crippen LogP contribution < -0.4 is 5.32 Å². The van der Waals surface area contributed by atoms with E-state index in [9.17, 15) is 0 Å². The molecule has 2 nitrogen and oxygen atoms in total. The van der Waals surface area contributed by atoms with Gasteiger partial charge < -0.3 is 10.1 Å². The smallest absolute Gasteiger partial charge is 0.0828 e. The van der Waals surface area contributed by atoms with Gasteiger partial charge in [0.2, 0.25) is 0 Å². The van der Waals surface area contributed by atoms with Crippen LogP contribution in [0.5, 0.6) is 0 Å². The van der Waals surface area contributed by atoms with Gasteiger partial charge in [0.25, 0.3) is 0 Å². The molecule has 0 heterocycles. The molecule has 1 aliphatic carbocycles. The van der Waals surface area contributed by atoms with Gasteiger partial charge in [0.05, 0.1) is 5.60 Å². The quantitative estimate of drug-likeness (QED) is 0.706. The summed E-state index contributed by atoms with van der Waals surface area (Å²) in [7, 11) is 1.90. The second-order valence-electron chi connectivity index (χ2n) is 6.43. The van der Waals surface area contributed by atoms with Gasteiger partial charge >= 0.3 is 0 Å². The van der Waals surface area contributed by atoms with Gasteiger partial charge in [0, 0.05) is 13.2 Å². The SMILES string of the molecule is CCCNC(C1CCC(C)CC1)C(CC)(CC)OC. The van der Waals surface area contributed by atoms with Gasteiger partial charge in [-0.3, -0.25) is 0 Å². The molecule has 1 atom stereocenters. The average molecular weight is 269 g/mol. The van der Waals surface area contributed by atoms with Gasteiger partial charge in [-0.2, -0.15) is 0 Å². The monoisotopic (exact) mass is 269 g/mol. The molecule has 1 N–H and O–H groups in total. The van der Waals surface area contributed by atoms with Crippen LogP contribution in [-0.2, 0) is 4.74 Å². The van der Waals surface area contributed by atoms with Crippen LogP contribution in [0.25, 0.3) is 0 Å². The van der Waals surface area contributed by atoms with Crippen molar-refractivity contribution in [3.8, 4) is 0 Å². The molecule has 0 radical (unpaired) electrons. The molecule has 1 saturated carbocycles. The minimum absolute atomic E-state index is 0.0282. The fourth-order valence-electron chi connectivity index (χ4n) is 3.81. The normalized spacial score (nSPS) is 26.4. The fraction of sp³-hybridized carbons (Fsp3) is 1.00. The summed E-state index contributed by atoms with van der Waals surface area (Å²) in [6, 6.07) is 0.528. The molecule has 0 aliphatic heterocycles. The first-order valence-corrected chi connectivity index (χ1v) is 8.42. The van der Waals surface area contributed by atoms with Crippen molar-refractivity contribution < 1.29 is 4.74 Å². The van der Waals surface area contributed by atoms with Crippen LogP contribution >= 0.6 is 0 Å². The molecule has 19 heavy (non-hydrogen) atoms. The van der Waals surface area contributed by atoms with Crippen LogP contribution in [0.4, 0.5) is 0 Å². The molecule has 0 aromatic heterocycles. The Morgan fingerprint density at radius 3 is 2.11 bits per heavy atom. The number of nitrogens with one attached hydrogen (secondary N) is 1. The van der Waals surface area contributed by atoms with Crippen molar-refractivity contribution in [1.82, 2.24) is 5.32 Å². The standard InChI is InChI=1S/C17H35NO/c1-6-13-18-16(17(7-2,8-3)19-5)15-11-9-14(4)10-12-15/h14-16,18H,6-13H2,1-5H3. The zero-order chi connectivity index (χ0) is 14.3. The maximum absolute atomic E-state index is 6.01. The van der Waals surface area contributed by atoms with E-state index in [0.29, 0.717) is 6.04 Å². The molecule has 2 heteroatoms. The highest BCUT2D eigenvalue weighted by molar-refractivity contribution is 4.96. The minimum Gasteiger partial charge on any atom is -0.377 e. The second kappa shape index (κ2) is 8.26. The van der Waals surface area contributed by atoms with Crippen molar-refractivity contribution >= 4 is 0 Å². The molecule has 0 spiro atoms. The Bertz CT molecular complexity index is 221. The van der Waals surface area contributed by atoms with Gasteiger partial charge in [0.1, 0.15) is 0 Å². The molecular formula is C17H35NO. The molecule has 0 aromatic rings. The van der Waals surface area contributed by atoms with Crippen molar-refractivity contribution in [2.24, 2.45) is 11.8 Å². The number of rotatable bonds is 8. The first-order chi connectivity index (χ1) is 9.13. The molecular weight excluding hydrogens is 234 g/mol. The van der Waals surface area contributed by atoms with Gasteiger partial charge in [-0.25, -0.2) is 0 Å². The van der Waals surface area contributed by atoms with Gasteiger partial charge in [-0.1, -0.05) is 40.5 Å². The maximum Gasteiger partial charge on any atom is 0.0828 e. The van der Waals surface area contributed by atoms with E-state index < -0.39 is 0 Å². The van der Waals surface area contributed by atoms with Crippen molar-refractivity contribution in [1.29, 1.82) is 0 Å². The molecule has 1 fully saturated rings. The van der Waals surface area contributed by atoms with E-state index >= 15 is 0 Å². The third-order valence-electron chi connectivity index (χ3n) is 5.32. The maximum atomic E-state index is 6.01. The third-order valence-corrected chi connectivity index (χ3v) is 5.32. The Morgan fingerprint density at radius 2 is 1.68 bits per heavy atom. The van der Waals surface area contributed by atoms with E-state index in [1.54, 1.807) is 0 Å². The Morgan fingerprint density at radius 1 is 1.11 bits per heavy atom. The molecule has 0 aromatic carbocycles. The minimum atomic E-state index is 0.0282. The Balaban J connectivity index is 2.80. The van der Waals surface area contributed by atoms with E-state index in [0.717, 1.165) is 31.2 Å². The third kappa shape index (κ3) is 4.19. The van der Waals surface area contributed by atoms with Crippen molar-refractivity contribution in [2.45, 2.75) is 84.3 Å². The second-order valence-corrected chi connectivity index (χ2v) is 6.43. The summed E-state index contributed by atoms with van der Waals surface area (Å²) in [6.07, 6.45) is 8.93. The van der Waals surface area contributed by atoms with Crippen LogP contribution in [0, 0.1) is 11.8 Å². The topological polar surface area (TPSA) is 21.3 Å². The Labute approximate surface area is 120 Å². The zero-order valence-corrected chi connectivity index (χ0v) is 13.8. The van der Waals surface area contributed by atoms with Crippen LogP contribution in [0.15, 0.2) is 0 Å². The zero-order valence-electron chi connectivity index (χ0n) is 13.8. The Hall–Kier alpha value is -0.0800. The molecule has 0 saturated heterocycles. The van der Waals surface area contributed by atoms with E-state index in [4.69, 9.17) is 4.74 Å². The summed E-state index contributed by atoms with van der Waals surface area (Å²) in [5.74, 6) is 1.71. The number of hydrogen-bond donors (Lipinski definition) is 1. The lowest BCUT2D eigenvalue weighted by Crippen LogP contribution is -2.56. The van der Waals surface area contributed by atoms with Gasteiger partial charge in [-0.15, -0.1) is 0 Å². The highest BCUT2D eigenvalue weighted by Gasteiger charge is 2.41. The van der Waals surface area contributed by atoms with Crippen LogP contribution in [-0.4, -0.2) is 25.3 Å². The lowest BCUT2D eigenvalue weighted by atomic mass is 9.72. The van der Waals surface area contributed by atoms with E-state index in [2.05, 4.69) is 33.0 Å². The summed E-state index contributed by atoms with van der Waals surface area (Å²) < 4.78 is 6.01. The number of hydrogen-bond acceptors (Lipinski definition) is 2. The summed E-state index contributed by atoms with van der Waals surface area (Å²) in [6.45, 7) is 10.3. The highest BCUT2D eigenvalue weighted by Crippen LogP contribution is 2.37. The van der Waals surface area contributed by atoms with E-state index in [1.807, 2.05) is 7.11 Å². The number of ether oxygens (including phenoxy) is 1. The van der Waals surface area contributed by atoms with Crippen molar-refractivity contribution in [3.05, 3.63) is 0 Å². The molecule has 114 valence electrons. The summed E-state index contributed by atoms with van der Waals surface area (Å²) >= 11 is 0. The summed E-state index contributed by atoms with van der Waals surface area (Å²) in [4.78, 5) is 0. The molecule has 1 rings (SSSR count). The van der Waals surface area contributed by atoms with Gasteiger partial charge in [-0.05, 0) is 50.5 Å². The molecule has 0 bridgehead atoms. The predicted molar refractivity (Wildman–Crippen MR) is 83.5 cm³/mol. The summed E-state index contributed by atoms with van der Waals surface area (Å²) in [5, 5.41) is 3.82. The highest BCUT2D eigenvalue weighted by atomic mass is 16.5. The predicted octanol–water partition coefficient (Wildman–Crippen LogP) is 4.39. The molecule has 1 unspecified atom stereocenters. The van der Waals surface area contributed by atoms with Crippen LogP contribution in [0.3, 0.4) is 0 Å². The lowest BCUT2D eigenvalue weighted by molar-refractivity contribution is -0.0682. The van der Waals surface area contributed by atoms with Crippen LogP contribution in [0.2, 0.25) is 0 Å². The average Bonchev–Trinajstić information content (AvgIpc) is 2.45. The lowest BCUT2D eigenvalue weighted by Gasteiger charge is -2.45. The summed E-state index contributed by atoms with van der Waals surface area (Å²) in [5.41, 5.74) is 0.0282. The fourth-order valence-corrected chi connectivity index (χ4v) is 3.81. The van der Waals surface area contributed by atoms with Gasteiger partial charge in [0.15, 0.2) is 0 Å².